The largest absolute Gasteiger partial charge is 0.397 e. The van der Waals surface area contributed by atoms with E-state index < -0.39 is 11.9 Å². The number of ether oxygens (including phenoxy) is 1. The Morgan fingerprint density at radius 2 is 2.10 bits per heavy atom. The summed E-state index contributed by atoms with van der Waals surface area (Å²) in [6.45, 7) is 8.52. The molecule has 1 rings (SSSR count). The second-order valence-corrected chi connectivity index (χ2v) is 6.04. The molecule has 1 aromatic rings. The smallest absolute Gasteiger partial charge is 0.253 e. The van der Waals surface area contributed by atoms with E-state index in [9.17, 15) is 9.18 Å². The van der Waals surface area contributed by atoms with Gasteiger partial charge in [-0.05, 0) is 37.0 Å². The molecule has 5 heteroatoms. The normalized spacial score (nSPS) is 13.1. The highest BCUT2D eigenvalue weighted by molar-refractivity contribution is 5.96. The predicted molar refractivity (Wildman–Crippen MR) is 78.9 cm³/mol. The van der Waals surface area contributed by atoms with Crippen LogP contribution in [0.2, 0.25) is 0 Å². The van der Waals surface area contributed by atoms with Crippen LogP contribution in [0.4, 0.5) is 15.8 Å². The molecule has 1 aromatic carbocycles. The molecule has 0 bridgehead atoms. The van der Waals surface area contributed by atoms with Gasteiger partial charge < -0.3 is 15.8 Å². The first-order valence-electron chi connectivity index (χ1n) is 6.66. The number of nitrogen functional groups attached to an aromatic ring is 1. The minimum Gasteiger partial charge on any atom is -0.397 e. The van der Waals surface area contributed by atoms with Crippen molar-refractivity contribution in [3.8, 4) is 0 Å². The molecular formula is C15H23FN2O2. The molecular weight excluding hydrogens is 259 g/mol. The third kappa shape index (κ3) is 5.57. The second kappa shape index (κ2) is 6.70. The van der Waals surface area contributed by atoms with Crippen LogP contribution in [0.25, 0.3) is 0 Å². The molecule has 20 heavy (non-hydrogen) atoms. The zero-order valence-corrected chi connectivity index (χ0v) is 12.5. The summed E-state index contributed by atoms with van der Waals surface area (Å²) >= 11 is 0. The summed E-state index contributed by atoms with van der Waals surface area (Å²) in [6, 6.07) is 3.85. The van der Waals surface area contributed by atoms with Gasteiger partial charge in [0.05, 0.1) is 11.4 Å². The fourth-order valence-corrected chi connectivity index (χ4v) is 1.50. The number of hydrogen-bond acceptors (Lipinski definition) is 3. The second-order valence-electron chi connectivity index (χ2n) is 6.04. The number of amides is 1. The van der Waals surface area contributed by atoms with E-state index in [2.05, 4.69) is 26.1 Å². The zero-order chi connectivity index (χ0) is 15.3. The highest BCUT2D eigenvalue weighted by Gasteiger charge is 2.16. The molecule has 0 spiro atoms. The van der Waals surface area contributed by atoms with Crippen LogP contribution in [-0.2, 0) is 9.53 Å². The molecule has 0 saturated heterocycles. The van der Waals surface area contributed by atoms with Crippen molar-refractivity contribution in [2.24, 2.45) is 5.41 Å². The van der Waals surface area contributed by atoms with Crippen LogP contribution >= 0.6 is 0 Å². The Bertz CT molecular complexity index is 469. The van der Waals surface area contributed by atoms with Crippen molar-refractivity contribution < 1.29 is 13.9 Å². The number of carbonyl (C=O) groups is 1. The van der Waals surface area contributed by atoms with Crippen LogP contribution in [-0.4, -0.2) is 18.6 Å². The summed E-state index contributed by atoms with van der Waals surface area (Å²) in [5, 5.41) is 2.63. The lowest BCUT2D eigenvalue weighted by atomic mass is 9.93. The molecule has 4 nitrogen and oxygen atoms in total. The highest BCUT2D eigenvalue weighted by Crippen LogP contribution is 2.20. The molecule has 112 valence electrons. The minimum atomic E-state index is -0.582. The van der Waals surface area contributed by atoms with E-state index in [1.165, 1.54) is 18.2 Å². The average Bonchev–Trinajstić information content (AvgIpc) is 2.30. The van der Waals surface area contributed by atoms with E-state index in [0.717, 1.165) is 6.42 Å². The Hall–Kier alpha value is -1.62. The molecule has 0 aromatic heterocycles. The van der Waals surface area contributed by atoms with E-state index in [4.69, 9.17) is 10.5 Å². The van der Waals surface area contributed by atoms with Gasteiger partial charge in [-0.1, -0.05) is 20.8 Å². The lowest BCUT2D eigenvalue weighted by molar-refractivity contribution is -0.126. The van der Waals surface area contributed by atoms with E-state index >= 15 is 0 Å². The minimum absolute atomic E-state index is 0.164. The maximum absolute atomic E-state index is 12.9. The van der Waals surface area contributed by atoms with Crippen molar-refractivity contribution in [2.75, 3.05) is 17.7 Å². The number of halogens is 1. The fraction of sp³-hybridized carbons (Fsp3) is 0.533. The molecule has 0 saturated carbocycles. The van der Waals surface area contributed by atoms with E-state index in [0.29, 0.717) is 12.3 Å². The maximum Gasteiger partial charge on any atom is 0.253 e. The van der Waals surface area contributed by atoms with E-state index in [1.54, 1.807) is 6.92 Å². The van der Waals surface area contributed by atoms with Crippen molar-refractivity contribution in [3.05, 3.63) is 24.0 Å². The Kier molecular flexibility index (Phi) is 5.51. The molecule has 1 unspecified atom stereocenters. The van der Waals surface area contributed by atoms with Crippen molar-refractivity contribution in [1.82, 2.24) is 0 Å². The van der Waals surface area contributed by atoms with E-state index in [1.807, 2.05) is 0 Å². The van der Waals surface area contributed by atoms with Gasteiger partial charge in [-0.15, -0.1) is 0 Å². The number of anilines is 2. The lowest BCUT2D eigenvalue weighted by Crippen LogP contribution is -2.29. The Balaban J connectivity index is 2.49. The van der Waals surface area contributed by atoms with Crippen LogP contribution in [0.3, 0.4) is 0 Å². The summed E-state index contributed by atoms with van der Waals surface area (Å²) in [7, 11) is 0. The van der Waals surface area contributed by atoms with Gasteiger partial charge in [-0.25, -0.2) is 4.39 Å². The van der Waals surface area contributed by atoms with Gasteiger partial charge in [-0.2, -0.15) is 0 Å². The van der Waals surface area contributed by atoms with Crippen molar-refractivity contribution >= 4 is 17.3 Å². The molecule has 0 aliphatic rings. The SMILES string of the molecule is CC(OCCC(C)(C)C)C(=O)Nc1ccc(F)cc1N. The number of hydrogen-bond donors (Lipinski definition) is 2. The topological polar surface area (TPSA) is 64.3 Å². The predicted octanol–water partition coefficient (Wildman–Crippen LogP) is 3.19. The molecule has 0 heterocycles. The maximum atomic E-state index is 12.9. The van der Waals surface area contributed by atoms with Crippen molar-refractivity contribution in [1.29, 1.82) is 0 Å². The zero-order valence-electron chi connectivity index (χ0n) is 12.5. The van der Waals surface area contributed by atoms with Gasteiger partial charge in [0.2, 0.25) is 0 Å². The first-order valence-corrected chi connectivity index (χ1v) is 6.66. The van der Waals surface area contributed by atoms with Gasteiger partial charge >= 0.3 is 0 Å². The van der Waals surface area contributed by atoms with Gasteiger partial charge in [0, 0.05) is 6.61 Å². The fourth-order valence-electron chi connectivity index (χ4n) is 1.50. The molecule has 0 fully saturated rings. The van der Waals surface area contributed by atoms with Gasteiger partial charge in [0.1, 0.15) is 11.9 Å². The van der Waals surface area contributed by atoms with E-state index in [-0.39, 0.29) is 17.0 Å². The summed E-state index contributed by atoms with van der Waals surface area (Å²) in [5.74, 6) is -0.729. The summed E-state index contributed by atoms with van der Waals surface area (Å²) < 4.78 is 18.4. The number of benzene rings is 1. The lowest BCUT2D eigenvalue weighted by Gasteiger charge is -2.20. The molecule has 3 N–H and O–H groups in total. The average molecular weight is 282 g/mol. The first-order chi connectivity index (χ1) is 9.19. The Labute approximate surface area is 119 Å². The van der Waals surface area contributed by atoms with Crippen LogP contribution < -0.4 is 11.1 Å². The molecule has 1 atom stereocenters. The van der Waals surface area contributed by atoms with Crippen molar-refractivity contribution in [3.63, 3.8) is 0 Å². The number of nitrogens with two attached hydrogens (primary N) is 1. The monoisotopic (exact) mass is 282 g/mol. The van der Waals surface area contributed by atoms with Crippen LogP contribution in [0.5, 0.6) is 0 Å². The summed E-state index contributed by atoms with van der Waals surface area (Å²) in [4.78, 5) is 11.9. The standard InChI is InChI=1S/C15H23FN2O2/c1-10(20-8-7-15(2,3)4)14(19)18-13-6-5-11(16)9-12(13)17/h5-6,9-10H,7-8,17H2,1-4H3,(H,18,19). The first kappa shape index (κ1) is 16.4. The van der Waals surface area contributed by atoms with Crippen molar-refractivity contribution in [2.45, 2.75) is 40.2 Å². The Morgan fingerprint density at radius 3 is 2.65 bits per heavy atom. The number of rotatable bonds is 5. The highest BCUT2D eigenvalue weighted by atomic mass is 19.1. The van der Waals surface area contributed by atoms with Crippen LogP contribution in [0.1, 0.15) is 34.1 Å². The molecule has 0 aliphatic carbocycles. The quantitative estimate of drug-likeness (QED) is 0.815. The third-order valence-corrected chi connectivity index (χ3v) is 2.86. The summed E-state index contributed by atoms with van der Waals surface area (Å²) in [6.07, 6.45) is 0.283. The van der Waals surface area contributed by atoms with Gasteiger partial charge in [0.15, 0.2) is 0 Å². The third-order valence-electron chi connectivity index (χ3n) is 2.86. The number of nitrogens with one attached hydrogen (secondary N) is 1. The summed E-state index contributed by atoms with van der Waals surface area (Å²) in [5.41, 5.74) is 6.38. The number of carbonyl (C=O) groups excluding carboxylic acids is 1. The van der Waals surface area contributed by atoms with Crippen LogP contribution in [0, 0.1) is 11.2 Å². The molecule has 0 radical (unpaired) electrons. The molecule has 1 amide bonds. The molecule has 0 aliphatic heterocycles. The van der Waals surface area contributed by atoms with Gasteiger partial charge in [0.25, 0.3) is 5.91 Å². The Morgan fingerprint density at radius 1 is 1.45 bits per heavy atom. The van der Waals surface area contributed by atoms with Crippen LogP contribution in [0.15, 0.2) is 18.2 Å². The van der Waals surface area contributed by atoms with Gasteiger partial charge in [-0.3, -0.25) is 4.79 Å².